The first-order valence-corrected chi connectivity index (χ1v) is 5.99. The molecule has 0 radical (unpaired) electrons. The molecule has 4 heteroatoms. The summed E-state index contributed by atoms with van der Waals surface area (Å²) in [5.74, 6) is 0. The maximum Gasteiger partial charge on any atom is 0.0537 e. The minimum absolute atomic E-state index is 0. The minimum Gasteiger partial charge on any atom is -0.312 e. The second-order valence-electron chi connectivity index (χ2n) is 4.29. The molecule has 0 bridgehead atoms. The van der Waals surface area contributed by atoms with Crippen molar-refractivity contribution in [3.8, 4) is 0 Å². The van der Waals surface area contributed by atoms with E-state index in [1.807, 2.05) is 17.9 Å². The van der Waals surface area contributed by atoms with Gasteiger partial charge in [-0.1, -0.05) is 30.3 Å². The van der Waals surface area contributed by atoms with Crippen molar-refractivity contribution < 1.29 is 0 Å². The van der Waals surface area contributed by atoms with Crippen molar-refractivity contribution in [1.82, 2.24) is 15.1 Å². The lowest BCUT2D eigenvalue weighted by Gasteiger charge is -2.04. The van der Waals surface area contributed by atoms with Crippen LogP contribution in [0.3, 0.4) is 0 Å². The second kappa shape index (κ2) is 7.19. The first kappa shape index (κ1) is 14.7. The molecule has 0 aliphatic rings. The molecule has 1 heterocycles. The van der Waals surface area contributed by atoms with Crippen molar-refractivity contribution in [3.05, 3.63) is 53.3 Å². The molecular formula is C14H20ClN3. The van der Waals surface area contributed by atoms with Crippen LogP contribution in [0.5, 0.6) is 0 Å². The van der Waals surface area contributed by atoms with Gasteiger partial charge in [-0.05, 0) is 25.5 Å². The van der Waals surface area contributed by atoms with Crippen molar-refractivity contribution in [1.29, 1.82) is 0 Å². The molecule has 1 N–H and O–H groups in total. The number of nitrogens with zero attached hydrogens (tertiary/aromatic N) is 2. The van der Waals surface area contributed by atoms with Crippen molar-refractivity contribution in [3.63, 3.8) is 0 Å². The molecule has 0 saturated carbocycles. The average Bonchev–Trinajstić information content (AvgIpc) is 2.67. The fourth-order valence-corrected chi connectivity index (χ4v) is 1.82. The van der Waals surface area contributed by atoms with E-state index in [-0.39, 0.29) is 12.4 Å². The fraction of sp³-hybridized carbons (Fsp3) is 0.357. The number of aryl methyl sites for hydroxylation is 1. The summed E-state index contributed by atoms with van der Waals surface area (Å²) in [6.07, 6.45) is 3.00. The largest absolute Gasteiger partial charge is 0.312 e. The summed E-state index contributed by atoms with van der Waals surface area (Å²) < 4.78 is 1.91. The molecule has 0 atom stereocenters. The highest BCUT2D eigenvalue weighted by Crippen LogP contribution is 2.04. The van der Waals surface area contributed by atoms with Crippen LogP contribution in [0.2, 0.25) is 0 Å². The smallest absolute Gasteiger partial charge is 0.0537 e. The van der Waals surface area contributed by atoms with E-state index in [0.29, 0.717) is 0 Å². The number of rotatable bonds is 5. The van der Waals surface area contributed by atoms with E-state index >= 15 is 0 Å². The van der Waals surface area contributed by atoms with Crippen molar-refractivity contribution in [2.45, 2.75) is 19.9 Å². The quantitative estimate of drug-likeness (QED) is 0.842. The topological polar surface area (TPSA) is 29.9 Å². The number of benzene rings is 1. The van der Waals surface area contributed by atoms with Gasteiger partial charge in [0.25, 0.3) is 0 Å². The summed E-state index contributed by atoms with van der Waals surface area (Å²) in [5.41, 5.74) is 3.89. The van der Waals surface area contributed by atoms with Crippen LogP contribution in [0.15, 0.2) is 36.5 Å². The Bertz CT molecular complexity index is 465. The van der Waals surface area contributed by atoms with Crippen LogP contribution in [0.4, 0.5) is 0 Å². The lowest BCUT2D eigenvalue weighted by molar-refractivity contribution is 0.679. The van der Waals surface area contributed by atoms with E-state index in [1.165, 1.54) is 16.8 Å². The first-order chi connectivity index (χ1) is 8.27. The normalized spacial score (nSPS) is 10.1. The van der Waals surface area contributed by atoms with E-state index in [2.05, 4.69) is 47.7 Å². The highest BCUT2D eigenvalue weighted by Gasteiger charge is 2.02. The second-order valence-corrected chi connectivity index (χ2v) is 4.29. The average molecular weight is 266 g/mol. The van der Waals surface area contributed by atoms with Gasteiger partial charge in [-0.2, -0.15) is 5.10 Å². The van der Waals surface area contributed by atoms with E-state index in [9.17, 15) is 0 Å². The van der Waals surface area contributed by atoms with Gasteiger partial charge in [-0.25, -0.2) is 0 Å². The summed E-state index contributed by atoms with van der Waals surface area (Å²) in [5, 5.41) is 7.68. The zero-order chi connectivity index (χ0) is 12.1. The molecule has 0 fully saturated rings. The maximum atomic E-state index is 4.23. The third kappa shape index (κ3) is 3.86. The summed E-state index contributed by atoms with van der Waals surface area (Å²) in [4.78, 5) is 0. The van der Waals surface area contributed by atoms with Gasteiger partial charge < -0.3 is 5.32 Å². The molecule has 1 aromatic carbocycles. The number of hydrogen-bond acceptors (Lipinski definition) is 2. The molecule has 0 amide bonds. The van der Waals surface area contributed by atoms with Gasteiger partial charge in [0.1, 0.15) is 0 Å². The predicted molar refractivity (Wildman–Crippen MR) is 77.0 cm³/mol. The van der Waals surface area contributed by atoms with Gasteiger partial charge in [0.05, 0.1) is 6.20 Å². The van der Waals surface area contributed by atoms with E-state index in [0.717, 1.165) is 19.5 Å². The van der Waals surface area contributed by atoms with Crippen LogP contribution in [-0.4, -0.2) is 16.3 Å². The SMILES string of the molecule is Cc1c(CNCCc2ccccc2)cnn1C.Cl. The molecule has 0 spiro atoms. The Morgan fingerprint density at radius 1 is 1.22 bits per heavy atom. The Hall–Kier alpha value is -1.32. The summed E-state index contributed by atoms with van der Waals surface area (Å²) in [6, 6.07) is 10.5. The molecular weight excluding hydrogens is 246 g/mol. The van der Waals surface area contributed by atoms with Crippen molar-refractivity contribution in [2.24, 2.45) is 7.05 Å². The van der Waals surface area contributed by atoms with Crippen LogP contribution in [-0.2, 0) is 20.0 Å². The first-order valence-electron chi connectivity index (χ1n) is 5.99. The zero-order valence-electron chi connectivity index (χ0n) is 10.9. The monoisotopic (exact) mass is 265 g/mol. The molecule has 0 aliphatic heterocycles. The standard InChI is InChI=1S/C14H19N3.ClH/c1-12-14(11-16-17(12)2)10-15-9-8-13-6-4-3-5-7-13;/h3-7,11,15H,8-10H2,1-2H3;1H. The molecule has 2 aromatic rings. The molecule has 0 unspecified atom stereocenters. The highest BCUT2D eigenvalue weighted by atomic mass is 35.5. The highest BCUT2D eigenvalue weighted by molar-refractivity contribution is 5.85. The van der Waals surface area contributed by atoms with Crippen LogP contribution in [0.1, 0.15) is 16.8 Å². The Labute approximate surface area is 115 Å². The predicted octanol–water partition coefficient (Wildman–Crippen LogP) is 2.48. The Balaban J connectivity index is 0.00000162. The van der Waals surface area contributed by atoms with Crippen LogP contribution < -0.4 is 5.32 Å². The Morgan fingerprint density at radius 2 is 1.94 bits per heavy atom. The van der Waals surface area contributed by atoms with Crippen molar-refractivity contribution >= 4 is 12.4 Å². The minimum atomic E-state index is 0. The van der Waals surface area contributed by atoms with Gasteiger partial charge in [0.15, 0.2) is 0 Å². The lowest BCUT2D eigenvalue weighted by Crippen LogP contribution is -2.17. The molecule has 98 valence electrons. The van der Waals surface area contributed by atoms with Gasteiger partial charge in [-0.15, -0.1) is 12.4 Å². The Kier molecular flexibility index (Phi) is 5.89. The number of nitrogens with one attached hydrogen (secondary N) is 1. The van der Waals surface area contributed by atoms with Gasteiger partial charge in [0.2, 0.25) is 0 Å². The summed E-state index contributed by atoms with van der Waals surface area (Å²) in [6.45, 7) is 3.99. The number of halogens is 1. The third-order valence-electron chi connectivity index (χ3n) is 3.09. The number of hydrogen-bond donors (Lipinski definition) is 1. The van der Waals surface area contributed by atoms with Crippen LogP contribution in [0.25, 0.3) is 0 Å². The molecule has 0 saturated heterocycles. The van der Waals surface area contributed by atoms with E-state index in [4.69, 9.17) is 0 Å². The summed E-state index contributed by atoms with van der Waals surface area (Å²) in [7, 11) is 1.98. The van der Waals surface area contributed by atoms with Gasteiger partial charge >= 0.3 is 0 Å². The lowest BCUT2D eigenvalue weighted by atomic mass is 10.1. The molecule has 3 nitrogen and oxygen atoms in total. The van der Waals surface area contributed by atoms with E-state index < -0.39 is 0 Å². The molecule has 0 aliphatic carbocycles. The molecule has 2 rings (SSSR count). The summed E-state index contributed by atoms with van der Waals surface area (Å²) >= 11 is 0. The van der Waals surface area contributed by atoms with Gasteiger partial charge in [0, 0.05) is 24.8 Å². The molecule has 1 aromatic heterocycles. The zero-order valence-corrected chi connectivity index (χ0v) is 11.7. The third-order valence-corrected chi connectivity index (χ3v) is 3.09. The Morgan fingerprint density at radius 3 is 2.56 bits per heavy atom. The fourth-order valence-electron chi connectivity index (χ4n) is 1.82. The molecule has 18 heavy (non-hydrogen) atoms. The van der Waals surface area contributed by atoms with Gasteiger partial charge in [-0.3, -0.25) is 4.68 Å². The van der Waals surface area contributed by atoms with Crippen LogP contribution in [0, 0.1) is 6.92 Å². The van der Waals surface area contributed by atoms with Crippen LogP contribution >= 0.6 is 12.4 Å². The van der Waals surface area contributed by atoms with E-state index in [1.54, 1.807) is 0 Å². The number of aromatic nitrogens is 2. The maximum absolute atomic E-state index is 4.23. The van der Waals surface area contributed by atoms with Crippen molar-refractivity contribution in [2.75, 3.05) is 6.54 Å².